The topological polar surface area (TPSA) is 63.0 Å². The van der Waals surface area contributed by atoms with Gasteiger partial charge in [0, 0.05) is 12.1 Å². The summed E-state index contributed by atoms with van der Waals surface area (Å²) in [6.45, 7) is 8.47. The Morgan fingerprint density at radius 2 is 1.80 bits per heavy atom. The van der Waals surface area contributed by atoms with Crippen LogP contribution in [0.1, 0.15) is 41.9 Å². The van der Waals surface area contributed by atoms with Gasteiger partial charge < -0.3 is 14.1 Å². The third-order valence-corrected chi connectivity index (χ3v) is 5.73. The van der Waals surface area contributed by atoms with E-state index in [4.69, 9.17) is 9.15 Å². The van der Waals surface area contributed by atoms with E-state index in [0.29, 0.717) is 36.7 Å². The van der Waals surface area contributed by atoms with E-state index in [9.17, 15) is 9.59 Å². The molecule has 0 N–H and O–H groups in total. The van der Waals surface area contributed by atoms with Gasteiger partial charge in [-0.15, -0.1) is 0 Å². The van der Waals surface area contributed by atoms with Crippen molar-refractivity contribution < 1.29 is 18.7 Å². The van der Waals surface area contributed by atoms with Crippen LogP contribution in [0.2, 0.25) is 0 Å². The van der Waals surface area contributed by atoms with Crippen LogP contribution >= 0.6 is 0 Å². The molecule has 1 aliphatic carbocycles. The quantitative estimate of drug-likeness (QED) is 0.584. The van der Waals surface area contributed by atoms with E-state index < -0.39 is 0 Å². The van der Waals surface area contributed by atoms with Crippen molar-refractivity contribution in [2.24, 2.45) is 0 Å². The zero-order valence-electron chi connectivity index (χ0n) is 17.8. The lowest BCUT2D eigenvalue weighted by Crippen LogP contribution is -2.53. The number of nitrogens with zero attached hydrogens (tertiary/aromatic N) is 2. The van der Waals surface area contributed by atoms with E-state index in [1.165, 1.54) is 0 Å². The van der Waals surface area contributed by atoms with E-state index >= 15 is 0 Å². The minimum Gasteiger partial charge on any atom is -0.451 e. The van der Waals surface area contributed by atoms with Crippen molar-refractivity contribution in [3.8, 4) is 11.3 Å². The Hall–Kier alpha value is -3.28. The Bertz CT molecular complexity index is 1070. The predicted octanol–water partition coefficient (Wildman–Crippen LogP) is 5.40. The van der Waals surface area contributed by atoms with E-state index in [-0.39, 0.29) is 23.8 Å². The van der Waals surface area contributed by atoms with Crippen molar-refractivity contribution >= 4 is 23.4 Å². The minimum atomic E-state index is -0.385. The minimum absolute atomic E-state index is 0.190. The highest BCUT2D eigenvalue weighted by atomic mass is 16.6. The van der Waals surface area contributed by atoms with Crippen LogP contribution in [0.25, 0.3) is 11.3 Å². The van der Waals surface area contributed by atoms with Gasteiger partial charge in [0.05, 0.1) is 24.0 Å². The molecule has 2 heterocycles. The highest BCUT2D eigenvalue weighted by molar-refractivity contribution is 6.09. The number of carbonyl (C=O) groups excluding carboxylic acids is 2. The summed E-state index contributed by atoms with van der Waals surface area (Å²) in [6, 6.07) is 13.0. The van der Waals surface area contributed by atoms with Crippen LogP contribution in [0.5, 0.6) is 0 Å². The normalized spacial score (nSPS) is 15.9. The molecule has 1 unspecified atom stereocenters. The standard InChI is InChI=1S/C24H26N2O4/c1-5-18-14-25(23(27)22-11-10-17-8-7-9-21(17)30-22)19-12-15(3)16(4)13-20(19)26(18)24(28)29-6-2/h7-13,18H,5-6,14H2,1-4H3. The summed E-state index contributed by atoms with van der Waals surface area (Å²) in [5.41, 5.74) is 4.44. The monoisotopic (exact) mass is 406 g/mol. The van der Waals surface area contributed by atoms with Crippen LogP contribution in [0.3, 0.4) is 0 Å². The second kappa shape index (κ2) is 7.86. The van der Waals surface area contributed by atoms with Crippen molar-refractivity contribution in [1.29, 1.82) is 0 Å². The van der Waals surface area contributed by atoms with Crippen LogP contribution < -0.4 is 9.80 Å². The molecule has 30 heavy (non-hydrogen) atoms. The van der Waals surface area contributed by atoms with Gasteiger partial charge >= 0.3 is 6.09 Å². The van der Waals surface area contributed by atoms with E-state index in [1.807, 2.05) is 57.2 Å². The van der Waals surface area contributed by atoms with Gasteiger partial charge in [-0.1, -0.05) is 19.1 Å². The smallest absolute Gasteiger partial charge is 0.414 e. The Kier molecular flexibility index (Phi) is 5.24. The van der Waals surface area contributed by atoms with Crippen molar-refractivity contribution in [3.05, 3.63) is 59.4 Å². The van der Waals surface area contributed by atoms with Gasteiger partial charge in [0.15, 0.2) is 5.76 Å². The van der Waals surface area contributed by atoms with Crippen LogP contribution in [0.4, 0.5) is 16.2 Å². The summed E-state index contributed by atoms with van der Waals surface area (Å²) in [5, 5.41) is 0. The lowest BCUT2D eigenvalue weighted by Gasteiger charge is -2.41. The van der Waals surface area contributed by atoms with E-state index in [2.05, 4.69) is 0 Å². The number of benzene rings is 1. The molecule has 3 aliphatic rings. The van der Waals surface area contributed by atoms with Crippen molar-refractivity contribution in [3.63, 3.8) is 0 Å². The van der Waals surface area contributed by atoms with Crippen LogP contribution in [-0.2, 0) is 4.74 Å². The fourth-order valence-electron chi connectivity index (χ4n) is 3.94. The molecule has 4 rings (SSSR count). The number of carbonyl (C=O) groups is 2. The Labute approximate surface area is 176 Å². The Morgan fingerprint density at radius 3 is 2.50 bits per heavy atom. The maximum Gasteiger partial charge on any atom is 0.414 e. The largest absolute Gasteiger partial charge is 0.451 e. The predicted molar refractivity (Wildman–Crippen MR) is 117 cm³/mol. The third-order valence-electron chi connectivity index (χ3n) is 5.73. The van der Waals surface area contributed by atoms with Gasteiger partial charge in [0.1, 0.15) is 5.76 Å². The molecule has 0 spiro atoms. The van der Waals surface area contributed by atoms with Crippen molar-refractivity contribution in [2.45, 2.75) is 40.2 Å². The molecule has 0 radical (unpaired) electrons. The maximum atomic E-state index is 13.5. The molecule has 2 aliphatic heterocycles. The van der Waals surface area contributed by atoms with Gasteiger partial charge in [-0.2, -0.15) is 0 Å². The highest BCUT2D eigenvalue weighted by Gasteiger charge is 2.38. The molecule has 1 aromatic rings. The average molecular weight is 406 g/mol. The molecular weight excluding hydrogens is 380 g/mol. The first-order valence-corrected chi connectivity index (χ1v) is 10.3. The van der Waals surface area contributed by atoms with Crippen molar-refractivity contribution in [1.82, 2.24) is 0 Å². The lowest BCUT2D eigenvalue weighted by molar-refractivity contribution is 0.0953. The number of hydrogen-bond donors (Lipinski definition) is 0. The third kappa shape index (κ3) is 3.32. The molecule has 6 heteroatoms. The summed E-state index contributed by atoms with van der Waals surface area (Å²) < 4.78 is 11.2. The Morgan fingerprint density at radius 1 is 1.07 bits per heavy atom. The number of hydrogen-bond acceptors (Lipinski definition) is 4. The molecule has 6 nitrogen and oxygen atoms in total. The molecule has 0 bridgehead atoms. The summed E-state index contributed by atoms with van der Waals surface area (Å²) in [4.78, 5) is 29.7. The van der Waals surface area contributed by atoms with Gasteiger partial charge in [-0.25, -0.2) is 4.79 Å². The summed E-state index contributed by atoms with van der Waals surface area (Å²) >= 11 is 0. The fraction of sp³-hybridized carbons (Fsp3) is 0.333. The van der Waals surface area contributed by atoms with Gasteiger partial charge in [-0.3, -0.25) is 9.69 Å². The molecule has 2 amide bonds. The molecule has 1 atom stereocenters. The molecule has 0 saturated heterocycles. The van der Waals surface area contributed by atoms with Crippen LogP contribution in [0.15, 0.2) is 46.9 Å². The van der Waals surface area contributed by atoms with Crippen LogP contribution in [-0.4, -0.2) is 31.2 Å². The number of anilines is 2. The molecule has 0 fully saturated rings. The summed E-state index contributed by atoms with van der Waals surface area (Å²) in [5.74, 6) is 0.736. The summed E-state index contributed by atoms with van der Waals surface area (Å²) in [7, 11) is 0. The molecule has 0 saturated carbocycles. The van der Waals surface area contributed by atoms with E-state index in [1.54, 1.807) is 22.8 Å². The lowest BCUT2D eigenvalue weighted by atomic mass is 10.00. The zero-order valence-corrected chi connectivity index (χ0v) is 17.8. The number of rotatable bonds is 3. The first-order chi connectivity index (χ1) is 14.4. The molecular formula is C24H26N2O4. The second-order valence-electron chi connectivity index (χ2n) is 7.62. The van der Waals surface area contributed by atoms with Gasteiger partial charge in [0.25, 0.3) is 5.91 Å². The first-order valence-electron chi connectivity index (χ1n) is 10.3. The number of ether oxygens (including phenoxy) is 1. The molecule has 0 aromatic heterocycles. The number of amides is 2. The number of aryl methyl sites for hydroxylation is 2. The summed E-state index contributed by atoms with van der Waals surface area (Å²) in [6.07, 6.45) is 0.303. The zero-order chi connectivity index (χ0) is 21.4. The van der Waals surface area contributed by atoms with Crippen molar-refractivity contribution in [2.75, 3.05) is 23.0 Å². The number of fused-ring (bicyclic) bond motifs is 2. The average Bonchev–Trinajstić information content (AvgIpc) is 3.21. The van der Waals surface area contributed by atoms with Crippen LogP contribution in [0, 0.1) is 13.8 Å². The van der Waals surface area contributed by atoms with E-state index in [0.717, 1.165) is 16.7 Å². The molecule has 156 valence electrons. The van der Waals surface area contributed by atoms with Gasteiger partial charge in [-0.05, 0) is 68.7 Å². The molecule has 1 aromatic carbocycles. The maximum absolute atomic E-state index is 13.5. The fourth-order valence-corrected chi connectivity index (χ4v) is 3.94. The Balaban J connectivity index is 1.81. The highest BCUT2D eigenvalue weighted by Crippen LogP contribution is 2.40. The first kappa shape index (κ1) is 20.0. The SMILES string of the molecule is CCOC(=O)N1c2cc(C)c(C)cc2N(C(=O)c2ccc3cccc-3o2)CC1CC. The second-order valence-corrected chi connectivity index (χ2v) is 7.62. The van der Waals surface area contributed by atoms with Gasteiger partial charge in [0.2, 0.25) is 0 Å².